The number of hydrogen-bond acceptors (Lipinski definition) is 4. The van der Waals surface area contributed by atoms with Gasteiger partial charge in [0.1, 0.15) is 0 Å². The fraction of sp³-hybridized carbons (Fsp3) is 0.267. The molecule has 1 N–H and O–H groups in total. The topological polar surface area (TPSA) is 66.3 Å². The number of carbonyl (C=O) groups is 1. The average molecular weight is 269 g/mol. The first-order chi connectivity index (χ1) is 9.69. The van der Waals surface area contributed by atoms with E-state index in [1.54, 1.807) is 6.07 Å². The fourth-order valence-electron chi connectivity index (χ4n) is 2.15. The van der Waals surface area contributed by atoms with Crippen molar-refractivity contribution in [2.24, 2.45) is 0 Å². The molecule has 20 heavy (non-hydrogen) atoms. The number of aromatic nitrogens is 2. The summed E-state index contributed by atoms with van der Waals surface area (Å²) in [4.78, 5) is 13.3. The summed E-state index contributed by atoms with van der Waals surface area (Å²) in [6.45, 7) is 3.02. The Hall–Kier alpha value is -2.61. The lowest BCUT2D eigenvalue weighted by molar-refractivity contribution is 0.0690. The number of carboxylic acids is 1. The minimum Gasteiger partial charge on any atom is -0.476 e. The van der Waals surface area contributed by atoms with E-state index in [1.807, 2.05) is 30.0 Å². The van der Waals surface area contributed by atoms with Crippen molar-refractivity contribution in [3.63, 3.8) is 0 Å². The van der Waals surface area contributed by atoms with Gasteiger partial charge in [-0.2, -0.15) is 0 Å². The van der Waals surface area contributed by atoms with Crippen LogP contribution >= 0.6 is 0 Å². The number of fused-ring (bicyclic) bond motifs is 1. The van der Waals surface area contributed by atoms with Gasteiger partial charge in [0.05, 0.1) is 17.7 Å². The Balaban J connectivity index is 2.71. The fourth-order valence-corrected chi connectivity index (χ4v) is 2.15. The second-order valence-corrected chi connectivity index (χ2v) is 4.35. The van der Waals surface area contributed by atoms with Crippen molar-refractivity contribution in [1.82, 2.24) is 10.2 Å². The summed E-state index contributed by atoms with van der Waals surface area (Å²) in [5.74, 6) is 1.47. The summed E-state index contributed by atoms with van der Waals surface area (Å²) in [7, 11) is 0. The molecule has 5 heteroatoms. The Labute approximate surface area is 117 Å². The van der Waals surface area contributed by atoms with E-state index in [1.165, 1.54) is 0 Å². The molecular formula is C15H15N3O2. The number of terminal acetylenes is 1. The van der Waals surface area contributed by atoms with E-state index in [9.17, 15) is 9.90 Å². The zero-order chi connectivity index (χ0) is 14.5. The first kappa shape index (κ1) is 13.8. The summed E-state index contributed by atoms with van der Waals surface area (Å²) in [6.07, 6.45) is 6.25. The Kier molecular flexibility index (Phi) is 4.16. The zero-order valence-corrected chi connectivity index (χ0v) is 11.2. The minimum absolute atomic E-state index is 0.0626. The first-order valence-electron chi connectivity index (χ1n) is 6.36. The molecule has 0 aliphatic carbocycles. The van der Waals surface area contributed by atoms with E-state index in [2.05, 4.69) is 16.1 Å². The monoisotopic (exact) mass is 269 g/mol. The molecule has 1 heterocycles. The van der Waals surface area contributed by atoms with Crippen LogP contribution in [0, 0.1) is 12.3 Å². The number of aromatic carboxylic acids is 1. The molecule has 0 aliphatic heterocycles. The van der Waals surface area contributed by atoms with E-state index in [0.29, 0.717) is 24.3 Å². The summed E-state index contributed by atoms with van der Waals surface area (Å²) in [6, 6.07) is 7.33. The molecule has 0 radical (unpaired) electrons. The van der Waals surface area contributed by atoms with Gasteiger partial charge in [-0.25, -0.2) is 4.79 Å². The maximum absolute atomic E-state index is 11.4. The van der Waals surface area contributed by atoms with Gasteiger partial charge in [0, 0.05) is 11.9 Å². The quantitative estimate of drug-likeness (QED) is 0.843. The highest BCUT2D eigenvalue weighted by molar-refractivity contribution is 6.02. The molecule has 0 bridgehead atoms. The molecule has 0 fully saturated rings. The van der Waals surface area contributed by atoms with Gasteiger partial charge in [0.2, 0.25) is 0 Å². The molecule has 0 aliphatic rings. The van der Waals surface area contributed by atoms with Crippen LogP contribution in [0.15, 0.2) is 24.3 Å². The minimum atomic E-state index is -1.10. The number of rotatable bonds is 5. The van der Waals surface area contributed by atoms with Crippen molar-refractivity contribution >= 4 is 22.6 Å². The molecule has 0 atom stereocenters. The Morgan fingerprint density at radius 1 is 1.40 bits per heavy atom. The van der Waals surface area contributed by atoms with Gasteiger partial charge in [0.15, 0.2) is 5.69 Å². The van der Waals surface area contributed by atoms with Gasteiger partial charge in [-0.15, -0.1) is 16.6 Å². The molecular weight excluding hydrogens is 254 g/mol. The van der Waals surface area contributed by atoms with Gasteiger partial charge in [0.25, 0.3) is 0 Å². The maximum Gasteiger partial charge on any atom is 0.358 e. The van der Waals surface area contributed by atoms with E-state index in [4.69, 9.17) is 6.42 Å². The van der Waals surface area contributed by atoms with Crippen LogP contribution in [0.2, 0.25) is 0 Å². The molecule has 0 saturated heterocycles. The van der Waals surface area contributed by atoms with Crippen LogP contribution in [0.5, 0.6) is 0 Å². The van der Waals surface area contributed by atoms with Crippen LogP contribution in [0.1, 0.15) is 23.8 Å². The van der Waals surface area contributed by atoms with E-state index >= 15 is 0 Å². The summed E-state index contributed by atoms with van der Waals surface area (Å²) < 4.78 is 0. The van der Waals surface area contributed by atoms with Gasteiger partial charge < -0.3 is 10.0 Å². The van der Waals surface area contributed by atoms with Crippen LogP contribution < -0.4 is 4.90 Å². The lowest BCUT2D eigenvalue weighted by Crippen LogP contribution is -2.27. The predicted octanol–water partition coefficient (Wildman–Crippen LogP) is 2.18. The second-order valence-electron chi connectivity index (χ2n) is 4.35. The van der Waals surface area contributed by atoms with Gasteiger partial charge in [-0.05, 0) is 12.5 Å². The SMILES string of the molecule is C#CCN(CCC)c1c(C(=O)O)nnc2ccccc12. The first-order valence-corrected chi connectivity index (χ1v) is 6.36. The number of nitrogens with zero attached hydrogens (tertiary/aromatic N) is 3. The molecule has 5 nitrogen and oxygen atoms in total. The largest absolute Gasteiger partial charge is 0.476 e. The standard InChI is InChI=1S/C15H15N3O2/c1-3-9-18(10-4-2)14-11-7-5-6-8-12(11)16-17-13(14)15(19)20/h1,5-8H,4,9-10H2,2H3,(H,19,20). The van der Waals surface area contributed by atoms with E-state index < -0.39 is 5.97 Å². The highest BCUT2D eigenvalue weighted by Crippen LogP contribution is 2.28. The van der Waals surface area contributed by atoms with Crippen LogP contribution in [-0.4, -0.2) is 34.4 Å². The Morgan fingerprint density at radius 3 is 2.80 bits per heavy atom. The van der Waals surface area contributed by atoms with Crippen molar-refractivity contribution in [2.75, 3.05) is 18.0 Å². The Morgan fingerprint density at radius 2 is 2.15 bits per heavy atom. The smallest absolute Gasteiger partial charge is 0.358 e. The molecule has 0 unspecified atom stereocenters. The second kappa shape index (κ2) is 6.02. The zero-order valence-electron chi connectivity index (χ0n) is 11.2. The van der Waals surface area contributed by atoms with Crippen molar-refractivity contribution in [2.45, 2.75) is 13.3 Å². The highest BCUT2D eigenvalue weighted by atomic mass is 16.4. The number of carboxylic acid groups (broad SMARTS) is 1. The van der Waals surface area contributed by atoms with Gasteiger partial charge in [-0.3, -0.25) is 0 Å². The van der Waals surface area contributed by atoms with Crippen molar-refractivity contribution in [1.29, 1.82) is 0 Å². The third-order valence-electron chi connectivity index (χ3n) is 2.94. The van der Waals surface area contributed by atoms with Crippen molar-refractivity contribution < 1.29 is 9.90 Å². The Bertz CT molecular complexity index is 676. The number of anilines is 1. The molecule has 0 amide bonds. The van der Waals surface area contributed by atoms with Crippen LogP contribution in [0.3, 0.4) is 0 Å². The third-order valence-corrected chi connectivity index (χ3v) is 2.94. The normalized spacial score (nSPS) is 10.2. The predicted molar refractivity (Wildman–Crippen MR) is 77.8 cm³/mol. The lowest BCUT2D eigenvalue weighted by Gasteiger charge is -2.24. The van der Waals surface area contributed by atoms with Crippen LogP contribution in [-0.2, 0) is 0 Å². The molecule has 0 spiro atoms. The van der Waals surface area contributed by atoms with Crippen LogP contribution in [0.25, 0.3) is 10.9 Å². The molecule has 2 rings (SSSR count). The summed E-state index contributed by atoms with van der Waals surface area (Å²) in [5.41, 5.74) is 1.14. The van der Waals surface area contributed by atoms with Crippen molar-refractivity contribution in [3.05, 3.63) is 30.0 Å². The maximum atomic E-state index is 11.4. The highest BCUT2D eigenvalue weighted by Gasteiger charge is 2.20. The van der Waals surface area contributed by atoms with Crippen molar-refractivity contribution in [3.8, 4) is 12.3 Å². The molecule has 102 valence electrons. The number of hydrogen-bond donors (Lipinski definition) is 1. The molecule has 1 aromatic carbocycles. The van der Waals surface area contributed by atoms with E-state index in [0.717, 1.165) is 11.8 Å². The molecule has 1 aromatic heterocycles. The van der Waals surface area contributed by atoms with Gasteiger partial charge >= 0.3 is 5.97 Å². The third kappa shape index (κ3) is 2.54. The summed E-state index contributed by atoms with van der Waals surface area (Å²) in [5, 5.41) is 17.9. The van der Waals surface area contributed by atoms with Gasteiger partial charge in [-0.1, -0.05) is 31.0 Å². The molecule has 0 saturated carbocycles. The summed E-state index contributed by atoms with van der Waals surface area (Å²) >= 11 is 0. The van der Waals surface area contributed by atoms with Crippen LogP contribution in [0.4, 0.5) is 5.69 Å². The average Bonchev–Trinajstić information content (AvgIpc) is 2.45. The molecule has 2 aromatic rings. The lowest BCUT2D eigenvalue weighted by atomic mass is 10.1. The number of benzene rings is 1. The van der Waals surface area contributed by atoms with E-state index in [-0.39, 0.29) is 5.69 Å².